The van der Waals surface area contributed by atoms with Crippen LogP contribution in [0.15, 0.2) is 48.5 Å². The average molecular weight is 507 g/mol. The number of aryl methyl sites for hydroxylation is 2. The molecule has 0 atom stereocenters. The van der Waals surface area contributed by atoms with Gasteiger partial charge in [-0.2, -0.15) is 0 Å². The molecule has 0 amide bonds. The molecule has 0 heterocycles. The molecule has 0 saturated heterocycles. The van der Waals surface area contributed by atoms with Crippen LogP contribution in [0.5, 0.6) is 0 Å². The number of benzene rings is 3. The van der Waals surface area contributed by atoms with Crippen LogP contribution in [-0.4, -0.2) is 17.3 Å². The molecule has 0 radical (unpaired) electrons. The zero-order valence-corrected chi connectivity index (χ0v) is 26.2. The molecule has 0 aromatic heterocycles. The van der Waals surface area contributed by atoms with Gasteiger partial charge in [-0.3, -0.25) is 0 Å². The number of aliphatic hydroxyl groups excluding tert-OH is 1. The van der Waals surface area contributed by atoms with Crippen LogP contribution < -0.4 is 0 Å². The smallest absolute Gasteiger partial charge is 0.0843 e. The van der Waals surface area contributed by atoms with E-state index in [2.05, 4.69) is 111 Å². The van der Waals surface area contributed by atoms with Crippen LogP contribution in [0.2, 0.25) is 0 Å². The average Bonchev–Trinajstić information content (AvgIpc) is 2.82. The van der Waals surface area contributed by atoms with E-state index < -0.39 is 5.60 Å². The summed E-state index contributed by atoms with van der Waals surface area (Å²) < 4.78 is 0. The van der Waals surface area contributed by atoms with E-state index in [4.69, 9.17) is 5.11 Å². The third kappa shape index (κ3) is 9.76. The van der Waals surface area contributed by atoms with Crippen LogP contribution in [0, 0.1) is 33.6 Å². The maximum Gasteiger partial charge on any atom is 0.0843 e. The first-order valence-electron chi connectivity index (χ1n) is 13.7. The van der Waals surface area contributed by atoms with Crippen LogP contribution in [0.1, 0.15) is 102 Å². The Labute approximate surface area is 228 Å². The lowest BCUT2D eigenvalue weighted by Gasteiger charge is -2.23. The summed E-state index contributed by atoms with van der Waals surface area (Å²) in [6.07, 6.45) is 0. The zero-order valence-electron chi connectivity index (χ0n) is 26.2. The van der Waals surface area contributed by atoms with Crippen molar-refractivity contribution in [2.75, 3.05) is 7.11 Å². The van der Waals surface area contributed by atoms with E-state index in [1.807, 2.05) is 27.7 Å². The Morgan fingerprint density at radius 2 is 1.05 bits per heavy atom. The first kappa shape index (κ1) is 34.6. The standard InChI is InChI=1S/C28H34O.C4H10.C2H6.CH4O/c1-17(2)24-11-9-22(15-18(24)3)23-10-12-25(19(4)16-23)26-13-14-27(28(7,8)29)21(6)20(26)5;1-4(2)3;2*1-2/h9-17,29H,1-8H3;4H,1-3H3;1-2H3;2H,1H3. The van der Waals surface area contributed by atoms with Crippen LogP contribution in [-0.2, 0) is 5.60 Å². The molecule has 0 spiro atoms. The van der Waals surface area contributed by atoms with Crippen LogP contribution in [0.25, 0.3) is 22.3 Å². The predicted molar refractivity (Wildman–Crippen MR) is 166 cm³/mol. The van der Waals surface area contributed by atoms with E-state index in [1.54, 1.807) is 0 Å². The minimum absolute atomic E-state index is 0.547. The normalized spacial score (nSPS) is 10.6. The predicted octanol–water partition coefficient (Wildman–Crippen LogP) is 9.90. The van der Waals surface area contributed by atoms with Gasteiger partial charge in [-0.1, -0.05) is 97.0 Å². The van der Waals surface area contributed by atoms with Crippen molar-refractivity contribution < 1.29 is 10.2 Å². The van der Waals surface area contributed by atoms with Gasteiger partial charge in [0.25, 0.3) is 0 Å². The fourth-order valence-corrected chi connectivity index (χ4v) is 4.42. The second-order valence-corrected chi connectivity index (χ2v) is 11.0. The Bertz CT molecular complexity index is 1100. The largest absolute Gasteiger partial charge is 0.400 e. The number of rotatable bonds is 4. The van der Waals surface area contributed by atoms with Gasteiger partial charge in [-0.05, 0) is 109 Å². The summed E-state index contributed by atoms with van der Waals surface area (Å²) in [5.74, 6) is 1.38. The van der Waals surface area contributed by atoms with Crippen molar-refractivity contribution >= 4 is 0 Å². The first-order valence-corrected chi connectivity index (χ1v) is 13.7. The minimum atomic E-state index is -0.827. The van der Waals surface area contributed by atoms with E-state index in [0.29, 0.717) is 5.92 Å². The third-order valence-electron chi connectivity index (χ3n) is 6.19. The van der Waals surface area contributed by atoms with Gasteiger partial charge < -0.3 is 10.2 Å². The van der Waals surface area contributed by atoms with Crippen LogP contribution >= 0.6 is 0 Å². The van der Waals surface area contributed by atoms with Crippen molar-refractivity contribution in [1.29, 1.82) is 0 Å². The van der Waals surface area contributed by atoms with Gasteiger partial charge in [0.05, 0.1) is 5.60 Å². The lowest BCUT2D eigenvalue weighted by atomic mass is 9.85. The Kier molecular flexibility index (Phi) is 14.7. The molecule has 3 aromatic rings. The van der Waals surface area contributed by atoms with Gasteiger partial charge in [0.15, 0.2) is 0 Å². The van der Waals surface area contributed by atoms with Gasteiger partial charge in [0.2, 0.25) is 0 Å². The topological polar surface area (TPSA) is 40.5 Å². The molecule has 0 aliphatic heterocycles. The summed E-state index contributed by atoms with van der Waals surface area (Å²) in [5, 5.41) is 17.4. The summed E-state index contributed by atoms with van der Waals surface area (Å²) in [6, 6.07) is 17.8. The molecule has 2 nitrogen and oxygen atoms in total. The quantitative estimate of drug-likeness (QED) is 0.369. The highest BCUT2D eigenvalue weighted by atomic mass is 16.3. The van der Waals surface area contributed by atoms with Crippen molar-refractivity contribution in [2.45, 2.75) is 102 Å². The zero-order chi connectivity index (χ0) is 29.1. The van der Waals surface area contributed by atoms with Crippen molar-refractivity contribution in [3.05, 3.63) is 81.9 Å². The van der Waals surface area contributed by atoms with E-state index in [9.17, 15) is 5.11 Å². The second-order valence-electron chi connectivity index (χ2n) is 11.0. The highest BCUT2D eigenvalue weighted by Gasteiger charge is 2.21. The van der Waals surface area contributed by atoms with Crippen molar-refractivity contribution in [3.63, 3.8) is 0 Å². The Balaban J connectivity index is 0.00000145. The molecule has 0 bridgehead atoms. The van der Waals surface area contributed by atoms with Crippen LogP contribution in [0.4, 0.5) is 0 Å². The molecule has 0 aliphatic rings. The lowest BCUT2D eigenvalue weighted by molar-refractivity contribution is 0.0779. The third-order valence-corrected chi connectivity index (χ3v) is 6.19. The molecule has 2 heteroatoms. The maximum atomic E-state index is 10.4. The van der Waals surface area contributed by atoms with E-state index in [-0.39, 0.29) is 0 Å². The van der Waals surface area contributed by atoms with Crippen molar-refractivity contribution in [3.8, 4) is 22.3 Å². The van der Waals surface area contributed by atoms with Gasteiger partial charge in [-0.25, -0.2) is 0 Å². The van der Waals surface area contributed by atoms with E-state index in [0.717, 1.165) is 18.6 Å². The highest BCUT2D eigenvalue weighted by Crippen LogP contribution is 2.35. The first-order chi connectivity index (χ1) is 17.2. The SMILES string of the molecule is CC.CC(C)C.CO.Cc1cc(-c2ccc(C(C)C)c(C)c2)ccc1-c1ccc(C(C)(C)O)c(C)c1C. The number of hydrogen-bond acceptors (Lipinski definition) is 2. The van der Waals surface area contributed by atoms with E-state index >= 15 is 0 Å². The molecule has 0 saturated carbocycles. The molecule has 0 unspecified atom stereocenters. The lowest BCUT2D eigenvalue weighted by Crippen LogP contribution is -2.17. The molecule has 2 N–H and O–H groups in total. The Morgan fingerprint density at radius 1 is 0.622 bits per heavy atom. The van der Waals surface area contributed by atoms with Gasteiger partial charge in [0, 0.05) is 7.11 Å². The molecule has 3 rings (SSSR count). The molecular weight excluding hydrogens is 452 g/mol. The molecule has 206 valence electrons. The molecule has 0 fully saturated rings. The summed E-state index contributed by atoms with van der Waals surface area (Å²) >= 11 is 0. The second kappa shape index (κ2) is 15.7. The fraction of sp³-hybridized carbons (Fsp3) is 0.486. The summed E-state index contributed by atoms with van der Waals surface area (Å²) in [7, 11) is 1.00. The Morgan fingerprint density at radius 3 is 1.46 bits per heavy atom. The van der Waals surface area contributed by atoms with E-state index in [1.165, 1.54) is 50.1 Å². The summed E-state index contributed by atoms with van der Waals surface area (Å²) in [6.45, 7) is 27.3. The summed E-state index contributed by atoms with van der Waals surface area (Å²) in [4.78, 5) is 0. The molecular formula is C35H54O2. The van der Waals surface area contributed by atoms with Gasteiger partial charge in [-0.15, -0.1) is 0 Å². The maximum absolute atomic E-state index is 10.4. The minimum Gasteiger partial charge on any atom is -0.400 e. The van der Waals surface area contributed by atoms with Gasteiger partial charge in [0.1, 0.15) is 0 Å². The highest BCUT2D eigenvalue weighted by molar-refractivity contribution is 5.76. The molecule has 3 aromatic carbocycles. The van der Waals surface area contributed by atoms with Crippen molar-refractivity contribution in [2.24, 2.45) is 5.92 Å². The number of aliphatic hydroxyl groups is 2. The van der Waals surface area contributed by atoms with Crippen LogP contribution in [0.3, 0.4) is 0 Å². The monoisotopic (exact) mass is 506 g/mol. The van der Waals surface area contributed by atoms with Crippen molar-refractivity contribution in [1.82, 2.24) is 0 Å². The summed E-state index contributed by atoms with van der Waals surface area (Å²) in [5.41, 5.74) is 11.6. The number of hydrogen-bond donors (Lipinski definition) is 2. The Hall–Kier alpha value is -2.42. The van der Waals surface area contributed by atoms with Gasteiger partial charge >= 0.3 is 0 Å². The molecule has 37 heavy (non-hydrogen) atoms. The fourth-order valence-electron chi connectivity index (χ4n) is 4.42. The molecule has 0 aliphatic carbocycles.